The monoisotopic (exact) mass is 388 g/mol. The standard InChI is InChI=1S/C18H24F4N4O/c1-2-24-7-9-25(10-8-24)13(27)11-12-3-5-26(6-4-12)16-14(19)17(21)23-18(22)15(16)20/h12H,2-11H2,1H3. The normalized spacial score (nSPS) is 19.6. The molecule has 150 valence electrons. The maximum absolute atomic E-state index is 13.9. The lowest BCUT2D eigenvalue weighted by molar-refractivity contribution is -0.134. The Balaban J connectivity index is 1.55. The SMILES string of the molecule is CCN1CCN(C(=O)CC2CCN(c3c(F)c(F)nc(F)c3F)CC2)CC1. The topological polar surface area (TPSA) is 39.7 Å². The number of hydrogen-bond acceptors (Lipinski definition) is 4. The van der Waals surface area contributed by atoms with E-state index in [1.165, 1.54) is 4.90 Å². The van der Waals surface area contributed by atoms with E-state index in [-0.39, 0.29) is 24.9 Å². The van der Waals surface area contributed by atoms with Gasteiger partial charge in [-0.25, -0.2) is 0 Å². The molecular formula is C18H24F4N4O. The molecule has 0 spiro atoms. The molecule has 27 heavy (non-hydrogen) atoms. The van der Waals surface area contributed by atoms with Crippen molar-refractivity contribution in [2.75, 3.05) is 50.7 Å². The molecule has 0 radical (unpaired) electrons. The minimum atomic E-state index is -1.65. The smallest absolute Gasteiger partial charge is 0.253 e. The maximum Gasteiger partial charge on any atom is 0.253 e. The lowest BCUT2D eigenvalue weighted by atomic mass is 9.92. The summed E-state index contributed by atoms with van der Waals surface area (Å²) in [7, 11) is 0. The van der Waals surface area contributed by atoms with Gasteiger partial charge < -0.3 is 14.7 Å². The van der Waals surface area contributed by atoms with E-state index in [4.69, 9.17) is 0 Å². The molecule has 1 aromatic heterocycles. The molecule has 0 unspecified atom stereocenters. The first-order valence-corrected chi connectivity index (χ1v) is 9.35. The number of likely N-dealkylation sites (N-methyl/N-ethyl adjacent to an activating group) is 1. The first-order chi connectivity index (χ1) is 12.9. The van der Waals surface area contributed by atoms with E-state index >= 15 is 0 Å². The summed E-state index contributed by atoms with van der Waals surface area (Å²) in [6.45, 7) is 6.73. The van der Waals surface area contributed by atoms with E-state index in [9.17, 15) is 22.4 Å². The molecule has 0 atom stereocenters. The zero-order chi connectivity index (χ0) is 19.6. The number of hydrogen-bond donors (Lipinski definition) is 0. The van der Waals surface area contributed by atoms with Gasteiger partial charge in [-0.3, -0.25) is 4.79 Å². The van der Waals surface area contributed by atoms with Gasteiger partial charge in [0.1, 0.15) is 5.69 Å². The average Bonchev–Trinajstić information content (AvgIpc) is 2.68. The second-order valence-electron chi connectivity index (χ2n) is 7.12. The fourth-order valence-corrected chi connectivity index (χ4v) is 3.80. The second kappa shape index (κ2) is 8.41. The fraction of sp³-hybridized carbons (Fsp3) is 0.667. The Bertz CT molecular complexity index is 660. The van der Waals surface area contributed by atoms with Crippen molar-refractivity contribution in [3.8, 4) is 0 Å². The van der Waals surface area contributed by atoms with Crippen molar-refractivity contribution in [3.05, 3.63) is 23.5 Å². The highest BCUT2D eigenvalue weighted by Crippen LogP contribution is 2.31. The van der Waals surface area contributed by atoms with Crippen molar-refractivity contribution >= 4 is 11.6 Å². The van der Waals surface area contributed by atoms with Crippen LogP contribution in [-0.2, 0) is 4.79 Å². The molecule has 2 aliphatic rings. The van der Waals surface area contributed by atoms with Crippen LogP contribution in [0.25, 0.3) is 0 Å². The zero-order valence-electron chi connectivity index (χ0n) is 15.4. The quantitative estimate of drug-likeness (QED) is 0.587. The fourth-order valence-electron chi connectivity index (χ4n) is 3.80. The molecule has 3 heterocycles. The minimum Gasteiger partial charge on any atom is -0.366 e. The van der Waals surface area contributed by atoms with Gasteiger partial charge in [-0.2, -0.15) is 22.5 Å². The van der Waals surface area contributed by atoms with Crippen LogP contribution in [0, 0.1) is 29.4 Å². The Labute approximate surface area is 155 Å². The Morgan fingerprint density at radius 3 is 2.04 bits per heavy atom. The van der Waals surface area contributed by atoms with Gasteiger partial charge in [0.2, 0.25) is 17.5 Å². The Morgan fingerprint density at radius 1 is 0.963 bits per heavy atom. The number of aromatic nitrogens is 1. The second-order valence-corrected chi connectivity index (χ2v) is 7.12. The van der Waals surface area contributed by atoms with E-state index in [0.29, 0.717) is 19.3 Å². The van der Waals surface area contributed by atoms with Gasteiger partial charge in [0.05, 0.1) is 0 Å². The molecule has 1 amide bonds. The van der Waals surface area contributed by atoms with Crippen molar-refractivity contribution in [2.24, 2.45) is 5.92 Å². The van der Waals surface area contributed by atoms with Crippen LogP contribution in [0.4, 0.5) is 23.2 Å². The summed E-state index contributed by atoms with van der Waals surface area (Å²) >= 11 is 0. The van der Waals surface area contributed by atoms with Crippen LogP contribution in [0.2, 0.25) is 0 Å². The van der Waals surface area contributed by atoms with Crippen molar-refractivity contribution < 1.29 is 22.4 Å². The minimum absolute atomic E-state index is 0.0978. The highest BCUT2D eigenvalue weighted by atomic mass is 19.2. The molecule has 0 bridgehead atoms. The van der Waals surface area contributed by atoms with Crippen molar-refractivity contribution in [1.29, 1.82) is 0 Å². The summed E-state index contributed by atoms with van der Waals surface area (Å²) in [6, 6.07) is 0. The Hall–Kier alpha value is -1.90. The number of pyridine rings is 1. The van der Waals surface area contributed by atoms with E-state index in [1.807, 2.05) is 4.90 Å². The molecule has 1 aromatic rings. The van der Waals surface area contributed by atoms with Gasteiger partial charge in [0, 0.05) is 45.7 Å². The number of nitrogens with zero attached hydrogens (tertiary/aromatic N) is 4. The van der Waals surface area contributed by atoms with Crippen molar-refractivity contribution in [2.45, 2.75) is 26.2 Å². The molecule has 5 nitrogen and oxygen atoms in total. The van der Waals surface area contributed by atoms with E-state index in [0.717, 1.165) is 32.7 Å². The van der Waals surface area contributed by atoms with Crippen LogP contribution in [0.15, 0.2) is 0 Å². The molecule has 9 heteroatoms. The molecule has 0 saturated carbocycles. The number of anilines is 1. The molecule has 3 rings (SSSR count). The molecule has 2 fully saturated rings. The van der Waals surface area contributed by atoms with Gasteiger partial charge >= 0.3 is 0 Å². The summed E-state index contributed by atoms with van der Waals surface area (Å²) in [4.78, 5) is 20.5. The maximum atomic E-state index is 13.9. The van der Waals surface area contributed by atoms with Crippen LogP contribution >= 0.6 is 0 Å². The van der Waals surface area contributed by atoms with E-state index in [2.05, 4.69) is 16.8 Å². The number of rotatable bonds is 4. The summed E-state index contributed by atoms with van der Waals surface area (Å²) in [5.74, 6) is -6.04. The predicted molar refractivity (Wildman–Crippen MR) is 92.3 cm³/mol. The van der Waals surface area contributed by atoms with Crippen LogP contribution < -0.4 is 4.90 Å². The number of halogens is 4. The lowest BCUT2D eigenvalue weighted by Gasteiger charge is -2.37. The third kappa shape index (κ3) is 4.34. The van der Waals surface area contributed by atoms with Gasteiger partial charge in [-0.15, -0.1) is 0 Å². The van der Waals surface area contributed by atoms with Gasteiger partial charge in [0.15, 0.2) is 0 Å². The van der Waals surface area contributed by atoms with Gasteiger partial charge in [-0.1, -0.05) is 6.92 Å². The van der Waals surface area contributed by atoms with Gasteiger partial charge in [0.25, 0.3) is 11.9 Å². The molecule has 2 aliphatic heterocycles. The molecule has 0 aromatic carbocycles. The third-order valence-electron chi connectivity index (χ3n) is 5.54. The highest BCUT2D eigenvalue weighted by Gasteiger charge is 2.30. The number of amides is 1. The van der Waals surface area contributed by atoms with E-state index < -0.39 is 29.2 Å². The van der Waals surface area contributed by atoms with E-state index in [1.54, 1.807) is 0 Å². The van der Waals surface area contributed by atoms with Gasteiger partial charge in [-0.05, 0) is 25.3 Å². The molecule has 0 aliphatic carbocycles. The summed E-state index contributed by atoms with van der Waals surface area (Å²) < 4.78 is 54.4. The first-order valence-electron chi connectivity index (χ1n) is 9.35. The summed E-state index contributed by atoms with van der Waals surface area (Å²) in [6.07, 6.45) is 1.46. The molecular weight excluding hydrogens is 364 g/mol. The van der Waals surface area contributed by atoms with Crippen LogP contribution in [0.1, 0.15) is 26.2 Å². The number of piperazine rings is 1. The average molecular weight is 388 g/mol. The largest absolute Gasteiger partial charge is 0.366 e. The number of carbonyl (C=O) groups is 1. The number of carbonyl (C=O) groups excluding carboxylic acids is 1. The zero-order valence-corrected chi connectivity index (χ0v) is 15.4. The van der Waals surface area contributed by atoms with Crippen LogP contribution in [0.3, 0.4) is 0 Å². The van der Waals surface area contributed by atoms with Crippen LogP contribution in [-0.4, -0.2) is 66.5 Å². The Morgan fingerprint density at radius 2 is 1.52 bits per heavy atom. The van der Waals surface area contributed by atoms with Crippen LogP contribution in [0.5, 0.6) is 0 Å². The summed E-state index contributed by atoms with van der Waals surface area (Å²) in [5.41, 5.74) is -0.708. The molecule has 0 N–H and O–H groups in total. The highest BCUT2D eigenvalue weighted by molar-refractivity contribution is 5.76. The predicted octanol–water partition coefficient (Wildman–Crippen LogP) is 2.41. The van der Waals surface area contributed by atoms with Crippen molar-refractivity contribution in [3.63, 3.8) is 0 Å². The lowest BCUT2D eigenvalue weighted by Crippen LogP contribution is -2.49. The number of piperidine rings is 1. The van der Waals surface area contributed by atoms with Crippen molar-refractivity contribution in [1.82, 2.24) is 14.8 Å². The first kappa shape index (κ1) is 19.9. The third-order valence-corrected chi connectivity index (χ3v) is 5.54. The Kier molecular flexibility index (Phi) is 6.18. The molecule has 2 saturated heterocycles. The summed E-state index contributed by atoms with van der Waals surface area (Å²) in [5, 5.41) is 0.